The van der Waals surface area contributed by atoms with Crippen LogP contribution < -0.4 is 5.73 Å². The molecule has 0 radical (unpaired) electrons. The van der Waals surface area contributed by atoms with Gasteiger partial charge in [-0.05, 0) is 24.4 Å². The van der Waals surface area contributed by atoms with Gasteiger partial charge >= 0.3 is 0 Å². The van der Waals surface area contributed by atoms with Crippen LogP contribution in [0.25, 0.3) is 11.2 Å². The average Bonchev–Trinajstić information content (AvgIpc) is 2.83. The van der Waals surface area contributed by atoms with Crippen molar-refractivity contribution >= 4 is 28.6 Å². The molecule has 0 aromatic carbocycles. The monoisotopic (exact) mass is 237 g/mol. The van der Waals surface area contributed by atoms with Gasteiger partial charge in [0, 0.05) is 6.04 Å². The van der Waals surface area contributed by atoms with E-state index in [2.05, 4.69) is 19.5 Å². The number of nitrogen functional groups attached to an aromatic ring is 1. The summed E-state index contributed by atoms with van der Waals surface area (Å²) in [5, 5.41) is 0.185. The third-order valence-electron chi connectivity index (χ3n) is 3.14. The van der Waals surface area contributed by atoms with Crippen molar-refractivity contribution < 1.29 is 0 Å². The summed E-state index contributed by atoms with van der Waals surface area (Å²) in [6, 6.07) is 0.482. The maximum atomic E-state index is 5.82. The molecule has 0 bridgehead atoms. The lowest BCUT2D eigenvalue weighted by molar-refractivity contribution is 0.529. The Morgan fingerprint density at radius 3 is 2.81 bits per heavy atom. The number of hydrogen-bond donors (Lipinski definition) is 1. The highest BCUT2D eigenvalue weighted by Crippen LogP contribution is 2.32. The van der Waals surface area contributed by atoms with Gasteiger partial charge in [0.2, 0.25) is 5.28 Å². The second-order valence-electron chi connectivity index (χ2n) is 4.14. The summed E-state index contributed by atoms with van der Waals surface area (Å²) < 4.78 is 2.08. The zero-order valence-corrected chi connectivity index (χ0v) is 9.48. The van der Waals surface area contributed by atoms with Crippen molar-refractivity contribution in [2.24, 2.45) is 0 Å². The van der Waals surface area contributed by atoms with Crippen molar-refractivity contribution in [3.63, 3.8) is 0 Å². The Morgan fingerprint density at radius 2 is 2.06 bits per heavy atom. The number of anilines is 1. The van der Waals surface area contributed by atoms with Crippen molar-refractivity contribution in [1.82, 2.24) is 19.5 Å². The summed E-state index contributed by atoms with van der Waals surface area (Å²) in [6.45, 7) is 0. The van der Waals surface area contributed by atoms with Crippen LogP contribution in [0.15, 0.2) is 6.33 Å². The van der Waals surface area contributed by atoms with E-state index in [4.69, 9.17) is 17.3 Å². The van der Waals surface area contributed by atoms with E-state index in [-0.39, 0.29) is 5.28 Å². The van der Waals surface area contributed by atoms with Crippen LogP contribution in [0.4, 0.5) is 5.82 Å². The zero-order chi connectivity index (χ0) is 11.1. The summed E-state index contributed by atoms with van der Waals surface area (Å²) in [6.07, 6.45) is 6.67. The predicted octanol–water partition coefficient (Wildman–Crippen LogP) is 2.18. The summed E-state index contributed by atoms with van der Waals surface area (Å²) in [5.41, 5.74) is 7.16. The number of imidazole rings is 1. The molecule has 2 aromatic rings. The Balaban J connectivity index is 2.18. The van der Waals surface area contributed by atoms with E-state index >= 15 is 0 Å². The molecule has 2 aromatic heterocycles. The van der Waals surface area contributed by atoms with Crippen LogP contribution in [-0.4, -0.2) is 19.5 Å². The largest absolute Gasteiger partial charge is 0.382 e. The Hall–Kier alpha value is -1.36. The second-order valence-corrected chi connectivity index (χ2v) is 4.48. The summed E-state index contributed by atoms with van der Waals surface area (Å²) in [4.78, 5) is 12.4. The molecule has 84 valence electrons. The molecule has 0 amide bonds. The Morgan fingerprint density at radius 1 is 1.31 bits per heavy atom. The molecule has 1 saturated carbocycles. The van der Waals surface area contributed by atoms with E-state index in [1.54, 1.807) is 6.33 Å². The summed E-state index contributed by atoms with van der Waals surface area (Å²) in [7, 11) is 0. The smallest absolute Gasteiger partial charge is 0.226 e. The van der Waals surface area contributed by atoms with Gasteiger partial charge in [0.25, 0.3) is 0 Å². The third kappa shape index (κ3) is 1.43. The van der Waals surface area contributed by atoms with Crippen LogP contribution in [0.2, 0.25) is 5.28 Å². The standard InChI is InChI=1S/C10H12ClN5/c11-10-14-8(12)7-9(15-10)16(5-13-7)6-3-1-2-4-6/h5-6H,1-4H2,(H2,12,14,15). The van der Waals surface area contributed by atoms with Gasteiger partial charge in [-0.25, -0.2) is 4.98 Å². The third-order valence-corrected chi connectivity index (χ3v) is 3.31. The average molecular weight is 238 g/mol. The van der Waals surface area contributed by atoms with Gasteiger partial charge < -0.3 is 10.3 Å². The Labute approximate surface area is 97.7 Å². The van der Waals surface area contributed by atoms with Crippen molar-refractivity contribution in [3.05, 3.63) is 11.6 Å². The molecule has 5 nitrogen and oxygen atoms in total. The van der Waals surface area contributed by atoms with Crippen LogP contribution in [0, 0.1) is 0 Å². The van der Waals surface area contributed by atoms with Crippen LogP contribution in [0.5, 0.6) is 0 Å². The van der Waals surface area contributed by atoms with Crippen LogP contribution in [-0.2, 0) is 0 Å². The molecule has 1 aliphatic rings. The van der Waals surface area contributed by atoms with Gasteiger partial charge in [-0.2, -0.15) is 9.97 Å². The first-order valence-electron chi connectivity index (χ1n) is 5.41. The fourth-order valence-corrected chi connectivity index (χ4v) is 2.53. The number of halogens is 1. The number of hydrogen-bond acceptors (Lipinski definition) is 4. The summed E-state index contributed by atoms with van der Waals surface area (Å²) >= 11 is 5.82. The lowest BCUT2D eigenvalue weighted by Gasteiger charge is -2.11. The molecule has 2 heterocycles. The topological polar surface area (TPSA) is 69.6 Å². The maximum Gasteiger partial charge on any atom is 0.226 e. The molecular formula is C10H12ClN5. The van der Waals surface area contributed by atoms with E-state index in [0.29, 0.717) is 17.4 Å². The summed E-state index contributed by atoms with van der Waals surface area (Å²) in [5.74, 6) is 0.353. The molecule has 0 atom stereocenters. The lowest BCUT2D eigenvalue weighted by atomic mass is 10.2. The minimum atomic E-state index is 0.185. The first kappa shape index (κ1) is 9.84. The van der Waals surface area contributed by atoms with Crippen LogP contribution >= 0.6 is 11.6 Å². The Kier molecular flexibility index (Phi) is 2.21. The molecule has 16 heavy (non-hydrogen) atoms. The number of aromatic nitrogens is 4. The number of nitrogens with zero attached hydrogens (tertiary/aromatic N) is 4. The van der Waals surface area contributed by atoms with Crippen molar-refractivity contribution in [1.29, 1.82) is 0 Å². The highest BCUT2D eigenvalue weighted by molar-refractivity contribution is 6.28. The molecule has 3 rings (SSSR count). The highest BCUT2D eigenvalue weighted by Gasteiger charge is 2.20. The van der Waals surface area contributed by atoms with Gasteiger partial charge in [0.05, 0.1) is 6.33 Å². The van der Waals surface area contributed by atoms with Gasteiger partial charge in [-0.15, -0.1) is 0 Å². The Bertz CT molecular complexity index is 529. The first-order chi connectivity index (χ1) is 7.75. The molecule has 1 fully saturated rings. The van der Waals surface area contributed by atoms with E-state index < -0.39 is 0 Å². The minimum Gasteiger partial charge on any atom is -0.382 e. The van der Waals surface area contributed by atoms with Gasteiger partial charge in [0.15, 0.2) is 11.5 Å². The number of fused-ring (bicyclic) bond motifs is 1. The van der Waals surface area contributed by atoms with Crippen molar-refractivity contribution in [2.45, 2.75) is 31.7 Å². The molecule has 0 aliphatic heterocycles. The van der Waals surface area contributed by atoms with E-state index in [0.717, 1.165) is 5.65 Å². The van der Waals surface area contributed by atoms with Gasteiger partial charge in [0.1, 0.15) is 5.52 Å². The van der Waals surface area contributed by atoms with E-state index in [1.807, 2.05) is 0 Å². The minimum absolute atomic E-state index is 0.185. The maximum absolute atomic E-state index is 5.82. The first-order valence-corrected chi connectivity index (χ1v) is 5.79. The van der Waals surface area contributed by atoms with Gasteiger partial charge in [-0.3, -0.25) is 0 Å². The SMILES string of the molecule is Nc1nc(Cl)nc2c1ncn2C1CCCC1. The quantitative estimate of drug-likeness (QED) is 0.772. The van der Waals surface area contributed by atoms with Crippen molar-refractivity contribution in [3.8, 4) is 0 Å². The fourth-order valence-electron chi connectivity index (χ4n) is 2.36. The predicted molar refractivity (Wildman–Crippen MR) is 62.3 cm³/mol. The fraction of sp³-hybridized carbons (Fsp3) is 0.500. The lowest BCUT2D eigenvalue weighted by Crippen LogP contribution is -2.05. The molecule has 0 spiro atoms. The van der Waals surface area contributed by atoms with E-state index in [9.17, 15) is 0 Å². The molecule has 6 heteroatoms. The number of nitrogens with two attached hydrogens (primary N) is 1. The molecule has 1 aliphatic carbocycles. The zero-order valence-electron chi connectivity index (χ0n) is 8.73. The van der Waals surface area contributed by atoms with E-state index in [1.165, 1.54) is 25.7 Å². The van der Waals surface area contributed by atoms with Gasteiger partial charge in [-0.1, -0.05) is 12.8 Å². The number of rotatable bonds is 1. The second kappa shape index (κ2) is 3.59. The normalized spacial score (nSPS) is 17.3. The van der Waals surface area contributed by atoms with Crippen LogP contribution in [0.1, 0.15) is 31.7 Å². The van der Waals surface area contributed by atoms with Crippen molar-refractivity contribution in [2.75, 3.05) is 5.73 Å². The molecular weight excluding hydrogens is 226 g/mol. The van der Waals surface area contributed by atoms with Crippen LogP contribution in [0.3, 0.4) is 0 Å². The molecule has 2 N–H and O–H groups in total. The molecule has 0 saturated heterocycles. The highest BCUT2D eigenvalue weighted by atomic mass is 35.5. The molecule has 0 unspecified atom stereocenters.